The van der Waals surface area contributed by atoms with Gasteiger partial charge in [0.05, 0.1) is 23.5 Å². The largest absolute Gasteiger partial charge is 0.469 e. The van der Waals surface area contributed by atoms with Crippen LogP contribution >= 0.6 is 0 Å². The Morgan fingerprint density at radius 1 is 1.13 bits per heavy atom. The van der Waals surface area contributed by atoms with Crippen molar-refractivity contribution >= 4 is 23.6 Å². The van der Waals surface area contributed by atoms with Crippen molar-refractivity contribution < 1.29 is 23.8 Å². The van der Waals surface area contributed by atoms with Crippen molar-refractivity contribution in [3.8, 4) is 5.88 Å². The summed E-state index contributed by atoms with van der Waals surface area (Å²) in [5, 5.41) is 17.0. The number of oxazole rings is 1. The number of rotatable bonds is 11. The van der Waals surface area contributed by atoms with Crippen molar-refractivity contribution in [2.45, 2.75) is 64.8 Å². The van der Waals surface area contributed by atoms with Gasteiger partial charge < -0.3 is 34.7 Å². The standard InChI is InChI=1S/C31H41N9O5/c1-20-27(45-19-33-20)18-44-29-7-6-22-14-38(11-8-25(22)35-29)17-24(42)13-32-30(43)26-12-28(34-23-15-40(16-23)21(2)41)37-31(36-26)39-9-4-3-5-10-39/h6-7,12,19,23-24,42H,3-5,8-11,13-18H2,1-2H3,(H,32,43)(H,34,36,37). The summed E-state index contributed by atoms with van der Waals surface area (Å²) in [6.45, 7) is 8.47. The Labute approximate surface area is 262 Å². The number of nitrogens with zero attached hydrogens (tertiary/aromatic N) is 7. The zero-order chi connectivity index (χ0) is 31.3. The molecule has 0 aliphatic carbocycles. The van der Waals surface area contributed by atoms with Crippen LogP contribution in [0.4, 0.5) is 11.8 Å². The first-order valence-electron chi connectivity index (χ1n) is 15.7. The van der Waals surface area contributed by atoms with Crippen LogP contribution < -0.4 is 20.3 Å². The number of ether oxygens (including phenoxy) is 1. The number of aliphatic hydroxyl groups excluding tert-OH is 1. The Kier molecular flexibility index (Phi) is 9.40. The lowest BCUT2D eigenvalue weighted by Gasteiger charge is -2.39. The molecule has 45 heavy (non-hydrogen) atoms. The molecule has 3 N–H and O–H groups in total. The molecule has 0 bridgehead atoms. The van der Waals surface area contributed by atoms with E-state index in [0.717, 1.165) is 55.8 Å². The van der Waals surface area contributed by atoms with Gasteiger partial charge in [-0.1, -0.05) is 6.07 Å². The average molecular weight is 620 g/mol. The maximum absolute atomic E-state index is 13.2. The summed E-state index contributed by atoms with van der Waals surface area (Å²) in [4.78, 5) is 48.9. The van der Waals surface area contributed by atoms with Gasteiger partial charge in [-0.25, -0.2) is 15.0 Å². The number of fused-ring (bicyclic) bond motifs is 1. The highest BCUT2D eigenvalue weighted by atomic mass is 16.5. The summed E-state index contributed by atoms with van der Waals surface area (Å²) < 4.78 is 11.1. The van der Waals surface area contributed by atoms with Crippen LogP contribution in [-0.2, 0) is 24.4 Å². The maximum Gasteiger partial charge on any atom is 0.270 e. The minimum absolute atomic E-state index is 0.0442. The summed E-state index contributed by atoms with van der Waals surface area (Å²) in [5.74, 6) is 1.98. The van der Waals surface area contributed by atoms with Crippen LogP contribution in [0, 0.1) is 6.92 Å². The smallest absolute Gasteiger partial charge is 0.270 e. The van der Waals surface area contributed by atoms with E-state index in [1.807, 2.05) is 19.1 Å². The number of nitrogens with one attached hydrogen (secondary N) is 2. The fourth-order valence-corrected chi connectivity index (χ4v) is 5.85. The van der Waals surface area contributed by atoms with Gasteiger partial charge in [-0.15, -0.1) is 0 Å². The number of aromatic nitrogens is 4. The van der Waals surface area contributed by atoms with Gasteiger partial charge in [0.15, 0.2) is 12.2 Å². The number of β-amino-alcohol motifs (C(OH)–C–C–N with tert-alkyl or cyclic N) is 1. The molecule has 2 fully saturated rings. The molecule has 6 rings (SSSR count). The van der Waals surface area contributed by atoms with Crippen LogP contribution in [-0.4, -0.2) is 105 Å². The lowest BCUT2D eigenvalue weighted by Crippen LogP contribution is -2.56. The maximum atomic E-state index is 13.2. The number of amides is 2. The second-order valence-corrected chi connectivity index (χ2v) is 12.0. The molecule has 14 heteroatoms. The predicted molar refractivity (Wildman–Crippen MR) is 165 cm³/mol. The third kappa shape index (κ3) is 7.68. The highest BCUT2D eigenvalue weighted by Crippen LogP contribution is 2.23. The van der Waals surface area contributed by atoms with Gasteiger partial charge >= 0.3 is 0 Å². The first-order chi connectivity index (χ1) is 21.8. The Bertz CT molecular complexity index is 1500. The number of hydrogen-bond donors (Lipinski definition) is 3. The molecule has 3 aliphatic rings. The Morgan fingerprint density at radius 3 is 2.71 bits per heavy atom. The van der Waals surface area contributed by atoms with Crippen LogP contribution in [0.5, 0.6) is 5.88 Å². The molecule has 3 aromatic rings. The SMILES string of the molecule is CC(=O)N1CC(Nc2cc(C(=O)NCC(O)CN3CCc4nc(OCc5ocnc5C)ccc4C3)nc(N3CCCCC3)n2)C1. The molecule has 3 aromatic heterocycles. The van der Waals surface area contributed by atoms with Gasteiger partial charge in [-0.2, -0.15) is 4.98 Å². The Balaban J connectivity index is 1.02. The number of aryl methyl sites for hydroxylation is 1. The molecular weight excluding hydrogens is 578 g/mol. The van der Waals surface area contributed by atoms with Gasteiger partial charge in [0.2, 0.25) is 17.7 Å². The van der Waals surface area contributed by atoms with E-state index < -0.39 is 6.10 Å². The second kappa shape index (κ2) is 13.8. The molecule has 0 aromatic carbocycles. The normalized spacial score (nSPS) is 17.8. The highest BCUT2D eigenvalue weighted by Gasteiger charge is 2.29. The number of pyridine rings is 1. The molecular formula is C31H41N9O5. The third-order valence-corrected chi connectivity index (χ3v) is 8.53. The summed E-state index contributed by atoms with van der Waals surface area (Å²) in [6.07, 6.45) is 4.65. The van der Waals surface area contributed by atoms with Crippen molar-refractivity contribution in [3.05, 3.63) is 53.0 Å². The Morgan fingerprint density at radius 2 is 1.96 bits per heavy atom. The van der Waals surface area contributed by atoms with E-state index in [1.165, 1.54) is 12.8 Å². The van der Waals surface area contributed by atoms with Crippen LogP contribution in [0.15, 0.2) is 29.0 Å². The van der Waals surface area contributed by atoms with Crippen molar-refractivity contribution in [2.75, 3.05) is 56.0 Å². The molecule has 0 radical (unpaired) electrons. The summed E-state index contributed by atoms with van der Waals surface area (Å²) in [6, 6.07) is 5.57. The van der Waals surface area contributed by atoms with E-state index in [4.69, 9.17) is 14.1 Å². The molecule has 2 saturated heterocycles. The fraction of sp³-hybridized carbons (Fsp3) is 0.548. The highest BCUT2D eigenvalue weighted by molar-refractivity contribution is 5.93. The number of aliphatic hydroxyl groups is 1. The van der Waals surface area contributed by atoms with E-state index in [0.29, 0.717) is 49.6 Å². The zero-order valence-electron chi connectivity index (χ0n) is 25.9. The zero-order valence-corrected chi connectivity index (χ0v) is 25.9. The van der Waals surface area contributed by atoms with E-state index >= 15 is 0 Å². The summed E-state index contributed by atoms with van der Waals surface area (Å²) >= 11 is 0. The van der Waals surface area contributed by atoms with Crippen molar-refractivity contribution in [1.82, 2.24) is 35.1 Å². The third-order valence-electron chi connectivity index (χ3n) is 8.53. The number of anilines is 2. The molecule has 240 valence electrons. The number of likely N-dealkylation sites (tertiary alicyclic amines) is 1. The topological polar surface area (TPSA) is 162 Å². The van der Waals surface area contributed by atoms with Gasteiger partial charge in [0, 0.05) is 77.8 Å². The molecule has 3 aliphatic heterocycles. The van der Waals surface area contributed by atoms with E-state index in [1.54, 1.807) is 17.9 Å². The predicted octanol–water partition coefficient (Wildman–Crippen LogP) is 1.53. The first kappa shape index (κ1) is 30.7. The molecule has 2 amide bonds. The van der Waals surface area contributed by atoms with Crippen LogP contribution in [0.3, 0.4) is 0 Å². The average Bonchev–Trinajstić information content (AvgIpc) is 3.44. The minimum atomic E-state index is -0.759. The van der Waals surface area contributed by atoms with Gasteiger partial charge in [-0.3, -0.25) is 14.5 Å². The van der Waals surface area contributed by atoms with E-state index in [-0.39, 0.29) is 36.7 Å². The van der Waals surface area contributed by atoms with Gasteiger partial charge in [0.25, 0.3) is 5.91 Å². The van der Waals surface area contributed by atoms with Gasteiger partial charge in [-0.05, 0) is 31.7 Å². The summed E-state index contributed by atoms with van der Waals surface area (Å²) in [5.41, 5.74) is 3.11. The monoisotopic (exact) mass is 619 g/mol. The molecule has 1 unspecified atom stereocenters. The van der Waals surface area contributed by atoms with E-state index in [9.17, 15) is 14.7 Å². The lowest BCUT2D eigenvalue weighted by molar-refractivity contribution is -0.132. The minimum Gasteiger partial charge on any atom is -0.469 e. The summed E-state index contributed by atoms with van der Waals surface area (Å²) in [7, 11) is 0. The molecule has 0 spiro atoms. The van der Waals surface area contributed by atoms with Crippen LogP contribution in [0.25, 0.3) is 0 Å². The van der Waals surface area contributed by atoms with E-state index in [2.05, 4.69) is 35.4 Å². The van der Waals surface area contributed by atoms with Crippen molar-refractivity contribution in [2.24, 2.45) is 0 Å². The van der Waals surface area contributed by atoms with Crippen molar-refractivity contribution in [3.63, 3.8) is 0 Å². The number of carbonyl (C=O) groups is 2. The molecule has 6 heterocycles. The van der Waals surface area contributed by atoms with Crippen molar-refractivity contribution in [1.29, 1.82) is 0 Å². The molecule has 0 saturated carbocycles. The van der Waals surface area contributed by atoms with Crippen LogP contribution in [0.1, 0.15) is 59.4 Å². The first-order valence-corrected chi connectivity index (χ1v) is 15.7. The quantitative estimate of drug-likeness (QED) is 0.284. The number of hydrogen-bond acceptors (Lipinski definition) is 12. The lowest BCUT2D eigenvalue weighted by atomic mass is 10.1. The number of piperidine rings is 1. The molecule has 14 nitrogen and oxygen atoms in total. The number of carbonyl (C=O) groups excluding carboxylic acids is 2. The fourth-order valence-electron chi connectivity index (χ4n) is 5.85. The van der Waals surface area contributed by atoms with Gasteiger partial charge in [0.1, 0.15) is 18.1 Å². The Hall–Kier alpha value is -4.30. The second-order valence-electron chi connectivity index (χ2n) is 12.0. The molecule has 1 atom stereocenters. The van der Waals surface area contributed by atoms with Crippen LogP contribution in [0.2, 0.25) is 0 Å².